The van der Waals surface area contributed by atoms with Crippen molar-refractivity contribution in [1.82, 2.24) is 0 Å². The van der Waals surface area contributed by atoms with Crippen molar-refractivity contribution in [3.8, 4) is 0 Å². The number of hydrogen-bond acceptors (Lipinski definition) is 0. The summed E-state index contributed by atoms with van der Waals surface area (Å²) in [7, 11) is 0. The second-order valence-electron chi connectivity index (χ2n) is 13.9. The van der Waals surface area contributed by atoms with Crippen LogP contribution in [-0.2, 0) is 0 Å². The molecule has 0 aromatic heterocycles. The minimum absolute atomic E-state index is 0.497. The quantitative estimate of drug-likeness (QED) is 0.162. The van der Waals surface area contributed by atoms with E-state index in [2.05, 4.69) is 156 Å². The molecule has 0 unspecified atom stereocenters. The third-order valence-corrected chi connectivity index (χ3v) is 20.8. The van der Waals surface area contributed by atoms with Gasteiger partial charge in [0.25, 0.3) is 0 Å². The molecule has 0 atom stereocenters. The van der Waals surface area contributed by atoms with Crippen LogP contribution in [0.5, 0.6) is 0 Å². The number of rotatable bonds is 4. The Bertz CT molecular complexity index is 1710. The summed E-state index contributed by atoms with van der Waals surface area (Å²) in [6.07, 6.45) is 0. The van der Waals surface area contributed by atoms with Gasteiger partial charge in [-0.2, -0.15) is 0 Å². The molecule has 52 heavy (non-hydrogen) atoms. The fraction of sp³-hybridized carbons (Fsp3) is 0.250. The van der Waals surface area contributed by atoms with Crippen molar-refractivity contribution in [3.05, 3.63) is 176 Å². The van der Waals surface area contributed by atoms with Crippen molar-refractivity contribution in [2.45, 2.75) is 83.1 Å². The van der Waals surface area contributed by atoms with E-state index < -0.39 is 43.2 Å². The van der Waals surface area contributed by atoms with Crippen molar-refractivity contribution in [3.63, 3.8) is 0 Å². The number of hydrogen-bond donors (Lipinski definition) is 0. The molecule has 0 spiro atoms. The van der Waals surface area contributed by atoms with Crippen LogP contribution in [0.25, 0.3) is 0 Å². The molecule has 0 amide bonds. The second kappa shape index (κ2) is 22.2. The third kappa shape index (κ3) is 14.7. The van der Waals surface area contributed by atoms with Crippen molar-refractivity contribution in [1.29, 1.82) is 0 Å². The predicted molar refractivity (Wildman–Crippen MR) is 236 cm³/mol. The summed E-state index contributed by atoms with van der Waals surface area (Å²) >= 11 is 2.52. The maximum atomic E-state index is 2.33. The standard InChI is InChI=1S/4C9H11.2C6H5.4Sb/c4*1-7-4-8(2)6-9(3)5-7;2*1-2-4-6-5-3-1;;;;/h4*4-5H,1-3H3;2*1-5H;;;;. The Morgan fingerprint density at radius 1 is 0.288 bits per heavy atom. The molecule has 0 aliphatic heterocycles. The summed E-state index contributed by atoms with van der Waals surface area (Å²) in [5.41, 5.74) is 17.4. The van der Waals surface area contributed by atoms with Crippen molar-refractivity contribution >= 4 is 110 Å². The van der Waals surface area contributed by atoms with E-state index in [1.807, 2.05) is 36.4 Å². The summed E-state index contributed by atoms with van der Waals surface area (Å²) in [6.45, 7) is 26.9. The molecule has 0 aliphatic carbocycles. The SMILES string of the molecule is Cc1cc(C)[c]([Sb][c]2c(C)cc(C)cc2C)c(C)c1.Cc1cc(C)[c]([Sb][c]2c(C)cc(C)cc2C)c(C)c1.[Sb][c]1ccccc1.[Sb][c]1ccccc1. The van der Waals surface area contributed by atoms with Gasteiger partial charge >= 0.3 is 369 Å². The van der Waals surface area contributed by atoms with Crippen molar-refractivity contribution in [2.75, 3.05) is 0 Å². The molecular weight excluding hydrogens is 1060 g/mol. The van der Waals surface area contributed by atoms with Crippen molar-refractivity contribution in [2.24, 2.45) is 0 Å². The van der Waals surface area contributed by atoms with Gasteiger partial charge in [-0.05, 0) is 0 Å². The van der Waals surface area contributed by atoms with Crippen LogP contribution in [-0.4, -0.2) is 89.3 Å². The van der Waals surface area contributed by atoms with Gasteiger partial charge in [0.1, 0.15) is 0 Å². The molecule has 6 aromatic carbocycles. The van der Waals surface area contributed by atoms with E-state index >= 15 is 0 Å². The van der Waals surface area contributed by atoms with Gasteiger partial charge in [-0.1, -0.05) is 0 Å². The topological polar surface area (TPSA) is 0 Å². The van der Waals surface area contributed by atoms with Gasteiger partial charge in [0, 0.05) is 0 Å². The number of aryl methyl sites for hydroxylation is 12. The first-order valence-corrected chi connectivity index (χ1v) is 25.4. The number of benzene rings is 6. The summed E-state index contributed by atoms with van der Waals surface area (Å²) in [5, 5.41) is 0. The van der Waals surface area contributed by atoms with E-state index in [-0.39, 0.29) is 0 Å². The molecular formula is C48H54Sb4. The Hall–Kier alpha value is -1.41. The van der Waals surface area contributed by atoms with Crippen LogP contribution >= 0.6 is 0 Å². The molecule has 0 saturated carbocycles. The summed E-state index contributed by atoms with van der Waals surface area (Å²) in [5.74, 6) is 0. The van der Waals surface area contributed by atoms with E-state index in [1.165, 1.54) is 73.8 Å². The van der Waals surface area contributed by atoms with Gasteiger partial charge in [-0.25, -0.2) is 0 Å². The Morgan fingerprint density at radius 2 is 0.462 bits per heavy atom. The molecule has 4 heteroatoms. The summed E-state index contributed by atoms with van der Waals surface area (Å²) in [6, 6.07) is 39.3. The van der Waals surface area contributed by atoms with Gasteiger partial charge < -0.3 is 0 Å². The van der Waals surface area contributed by atoms with Crippen LogP contribution in [0.15, 0.2) is 109 Å². The van der Waals surface area contributed by atoms with Gasteiger partial charge in [0.05, 0.1) is 0 Å². The van der Waals surface area contributed by atoms with E-state index in [4.69, 9.17) is 0 Å². The molecule has 0 heterocycles. The Labute approximate surface area is 365 Å². The monoisotopic (exact) mass is 1110 g/mol. The fourth-order valence-electron chi connectivity index (χ4n) is 6.47. The Morgan fingerprint density at radius 3 is 0.596 bits per heavy atom. The molecule has 6 radical (unpaired) electrons. The van der Waals surface area contributed by atoms with Crippen LogP contribution < -0.4 is 21.1 Å². The normalized spacial score (nSPS) is 10.3. The van der Waals surface area contributed by atoms with Crippen LogP contribution in [0.3, 0.4) is 0 Å². The molecule has 266 valence electrons. The zero-order chi connectivity index (χ0) is 38.5. The van der Waals surface area contributed by atoms with Crippen LogP contribution in [0.2, 0.25) is 0 Å². The average Bonchev–Trinajstić information content (AvgIpc) is 3.04. The first-order chi connectivity index (χ1) is 24.5. The van der Waals surface area contributed by atoms with Gasteiger partial charge in [0.15, 0.2) is 0 Å². The van der Waals surface area contributed by atoms with Crippen LogP contribution in [0.4, 0.5) is 0 Å². The average molecular weight is 1120 g/mol. The van der Waals surface area contributed by atoms with Crippen LogP contribution in [0.1, 0.15) is 66.8 Å². The zero-order valence-electron chi connectivity index (χ0n) is 33.2. The maximum absolute atomic E-state index is 2.33. The fourth-order valence-corrected chi connectivity index (χ4v) is 14.2. The van der Waals surface area contributed by atoms with Gasteiger partial charge in [0.2, 0.25) is 0 Å². The molecule has 6 rings (SSSR count). The molecule has 0 nitrogen and oxygen atoms in total. The van der Waals surface area contributed by atoms with E-state index in [9.17, 15) is 0 Å². The van der Waals surface area contributed by atoms with E-state index in [0.717, 1.165) is 0 Å². The first-order valence-electron chi connectivity index (χ1n) is 17.8. The predicted octanol–water partition coefficient (Wildman–Crippen LogP) is 7.35. The van der Waals surface area contributed by atoms with E-state index in [1.54, 1.807) is 60.1 Å². The second-order valence-corrected chi connectivity index (χ2v) is 23.2. The van der Waals surface area contributed by atoms with Gasteiger partial charge in [-0.3, -0.25) is 0 Å². The molecule has 0 saturated heterocycles. The van der Waals surface area contributed by atoms with E-state index in [0.29, 0.717) is 0 Å². The third-order valence-electron chi connectivity index (χ3n) is 8.50. The molecule has 6 aromatic rings. The molecule has 0 bridgehead atoms. The zero-order valence-corrected chi connectivity index (χ0v) is 43.4. The Kier molecular flexibility index (Phi) is 19.2. The summed E-state index contributed by atoms with van der Waals surface area (Å²) in [4.78, 5) is 0. The minimum atomic E-state index is -0.497. The molecule has 0 N–H and O–H groups in total. The summed E-state index contributed by atoms with van der Waals surface area (Å²) < 4.78 is 9.29. The first kappa shape index (κ1) is 45.0. The van der Waals surface area contributed by atoms with Gasteiger partial charge in [-0.15, -0.1) is 0 Å². The Balaban J connectivity index is 0.000000206. The van der Waals surface area contributed by atoms with Crippen LogP contribution in [0, 0.1) is 83.1 Å². The van der Waals surface area contributed by atoms with Crippen molar-refractivity contribution < 1.29 is 0 Å². The molecule has 0 aliphatic rings. The molecule has 0 fully saturated rings.